The molecule has 0 heterocycles. The molecule has 0 aromatic rings. The molecule has 63 heavy (non-hydrogen) atoms. The molecule has 0 spiro atoms. The lowest BCUT2D eigenvalue weighted by Gasteiger charge is -2.18. The quantitative estimate of drug-likeness (QED) is 0.0344. The fourth-order valence-corrected chi connectivity index (χ4v) is 8.65. The molecular formula is C57H110O6. The van der Waals surface area contributed by atoms with Gasteiger partial charge in [0, 0.05) is 19.3 Å². The van der Waals surface area contributed by atoms with E-state index in [-0.39, 0.29) is 31.1 Å². The van der Waals surface area contributed by atoms with Gasteiger partial charge in [0.2, 0.25) is 0 Å². The topological polar surface area (TPSA) is 78.9 Å². The van der Waals surface area contributed by atoms with Crippen molar-refractivity contribution in [2.45, 2.75) is 317 Å². The zero-order chi connectivity index (χ0) is 46.3. The van der Waals surface area contributed by atoms with Crippen molar-refractivity contribution >= 4 is 17.9 Å². The predicted octanol–water partition coefficient (Wildman–Crippen LogP) is 18.3. The van der Waals surface area contributed by atoms with Crippen molar-refractivity contribution in [2.24, 2.45) is 17.8 Å². The average molecular weight is 892 g/mol. The molecule has 0 unspecified atom stereocenters. The van der Waals surface area contributed by atoms with Gasteiger partial charge in [-0.3, -0.25) is 14.4 Å². The Morgan fingerprint density at radius 2 is 0.460 bits per heavy atom. The van der Waals surface area contributed by atoms with Crippen LogP contribution in [0.25, 0.3) is 0 Å². The van der Waals surface area contributed by atoms with E-state index in [1.165, 1.54) is 193 Å². The summed E-state index contributed by atoms with van der Waals surface area (Å²) < 4.78 is 16.8. The monoisotopic (exact) mass is 891 g/mol. The number of carbonyl (C=O) groups excluding carboxylic acids is 3. The van der Waals surface area contributed by atoms with E-state index in [9.17, 15) is 14.4 Å². The van der Waals surface area contributed by atoms with Crippen LogP contribution >= 0.6 is 0 Å². The first kappa shape index (κ1) is 61.4. The van der Waals surface area contributed by atoms with Crippen LogP contribution in [0.15, 0.2) is 0 Å². The summed E-state index contributed by atoms with van der Waals surface area (Å²) in [7, 11) is 0. The predicted molar refractivity (Wildman–Crippen MR) is 270 cm³/mol. The van der Waals surface area contributed by atoms with Gasteiger partial charge in [-0.25, -0.2) is 0 Å². The number of rotatable bonds is 50. The second-order valence-corrected chi connectivity index (χ2v) is 21.0. The summed E-state index contributed by atoms with van der Waals surface area (Å²) in [6, 6.07) is 0. The van der Waals surface area contributed by atoms with Crippen LogP contribution in [0, 0.1) is 17.8 Å². The highest BCUT2D eigenvalue weighted by Gasteiger charge is 2.19. The van der Waals surface area contributed by atoms with E-state index < -0.39 is 6.10 Å². The molecular weight excluding hydrogens is 781 g/mol. The zero-order valence-electron chi connectivity index (χ0n) is 43.4. The molecule has 0 amide bonds. The first-order valence-corrected chi connectivity index (χ1v) is 28.1. The highest BCUT2D eigenvalue weighted by molar-refractivity contribution is 5.71. The lowest BCUT2D eigenvalue weighted by Crippen LogP contribution is -2.30. The van der Waals surface area contributed by atoms with Crippen molar-refractivity contribution in [2.75, 3.05) is 13.2 Å². The third-order valence-electron chi connectivity index (χ3n) is 12.9. The fraction of sp³-hybridized carbons (Fsp3) is 0.947. The van der Waals surface area contributed by atoms with Crippen molar-refractivity contribution in [3.05, 3.63) is 0 Å². The molecule has 0 bridgehead atoms. The maximum atomic E-state index is 12.8. The lowest BCUT2D eigenvalue weighted by molar-refractivity contribution is -0.167. The zero-order valence-corrected chi connectivity index (χ0v) is 43.4. The number of unbranched alkanes of at least 4 members (excludes halogenated alkanes) is 33. The molecule has 6 nitrogen and oxygen atoms in total. The van der Waals surface area contributed by atoms with E-state index in [1.807, 2.05) is 0 Å². The van der Waals surface area contributed by atoms with E-state index in [0.717, 1.165) is 75.5 Å². The largest absolute Gasteiger partial charge is 0.462 e. The third-order valence-corrected chi connectivity index (χ3v) is 12.9. The molecule has 0 fully saturated rings. The van der Waals surface area contributed by atoms with Gasteiger partial charge in [0.05, 0.1) is 0 Å². The SMILES string of the molecule is CC(C)CCCCCCCCCCCCCCCCCCC(=O)OC[C@@H](COC(=O)CCCCCCCCCCCCCCCC(C)C)OC(=O)CCCCCCCCCC(C)C. The third kappa shape index (κ3) is 51.3. The summed E-state index contributed by atoms with van der Waals surface area (Å²) in [6.45, 7) is 13.7. The highest BCUT2D eigenvalue weighted by atomic mass is 16.6. The number of carbonyl (C=O) groups is 3. The average Bonchev–Trinajstić information content (AvgIpc) is 3.24. The summed E-state index contributed by atoms with van der Waals surface area (Å²) in [4.78, 5) is 38.0. The Labute approximate surface area is 393 Å². The second kappa shape index (κ2) is 48.3. The number of hydrogen-bond acceptors (Lipinski definition) is 6. The van der Waals surface area contributed by atoms with E-state index >= 15 is 0 Å². The molecule has 0 rings (SSSR count). The van der Waals surface area contributed by atoms with Crippen LogP contribution in [0.4, 0.5) is 0 Å². The highest BCUT2D eigenvalue weighted by Crippen LogP contribution is 2.18. The van der Waals surface area contributed by atoms with Gasteiger partial charge in [0.15, 0.2) is 6.10 Å². The first-order chi connectivity index (χ1) is 30.6. The second-order valence-electron chi connectivity index (χ2n) is 21.0. The lowest BCUT2D eigenvalue weighted by atomic mass is 10.0. The molecule has 1 atom stereocenters. The molecule has 0 N–H and O–H groups in total. The Balaban J connectivity index is 4.22. The molecule has 374 valence electrons. The summed E-state index contributed by atoms with van der Waals surface area (Å²) >= 11 is 0. The Kier molecular flexibility index (Phi) is 47.1. The molecule has 0 aromatic carbocycles. The van der Waals surface area contributed by atoms with Crippen molar-refractivity contribution in [3.63, 3.8) is 0 Å². The summed E-state index contributed by atoms with van der Waals surface area (Å²) in [6.07, 6.45) is 49.6. The number of ether oxygens (including phenoxy) is 3. The Morgan fingerprint density at radius 1 is 0.270 bits per heavy atom. The van der Waals surface area contributed by atoms with Crippen molar-refractivity contribution in [1.29, 1.82) is 0 Å². The number of esters is 3. The van der Waals surface area contributed by atoms with Crippen LogP contribution < -0.4 is 0 Å². The van der Waals surface area contributed by atoms with Gasteiger partial charge in [-0.1, -0.05) is 273 Å². The van der Waals surface area contributed by atoms with E-state index in [1.54, 1.807) is 0 Å². The normalized spacial score (nSPS) is 12.1. The maximum Gasteiger partial charge on any atom is 0.306 e. The van der Waals surface area contributed by atoms with Gasteiger partial charge in [-0.2, -0.15) is 0 Å². The van der Waals surface area contributed by atoms with Gasteiger partial charge in [0.1, 0.15) is 13.2 Å². The Hall–Kier alpha value is -1.59. The summed E-state index contributed by atoms with van der Waals surface area (Å²) in [5.74, 6) is 1.62. The van der Waals surface area contributed by atoms with Crippen molar-refractivity contribution in [3.8, 4) is 0 Å². The summed E-state index contributed by atoms with van der Waals surface area (Å²) in [5, 5.41) is 0. The van der Waals surface area contributed by atoms with Gasteiger partial charge in [0.25, 0.3) is 0 Å². The molecule has 0 aliphatic carbocycles. The minimum atomic E-state index is -0.763. The molecule has 6 heteroatoms. The van der Waals surface area contributed by atoms with Crippen LogP contribution in [-0.4, -0.2) is 37.2 Å². The minimum Gasteiger partial charge on any atom is -0.462 e. The Bertz CT molecular complexity index is 976. The molecule has 0 aliphatic rings. The standard InChI is InChI=1S/C57H110O6/c1-51(2)43-37-31-25-20-16-12-9-7-8-10-14-18-22-28-34-40-46-55(58)61-49-54(63-57(60)48-42-36-30-24-27-33-39-45-53(5)6)50-62-56(59)47-41-35-29-23-19-15-11-13-17-21-26-32-38-44-52(3)4/h51-54H,7-50H2,1-6H3/t54-/m0/s1. The fourth-order valence-electron chi connectivity index (χ4n) is 8.65. The van der Waals surface area contributed by atoms with Crippen LogP contribution in [0.2, 0.25) is 0 Å². The van der Waals surface area contributed by atoms with E-state index in [2.05, 4.69) is 41.5 Å². The molecule has 0 saturated carbocycles. The van der Waals surface area contributed by atoms with Crippen molar-refractivity contribution in [1.82, 2.24) is 0 Å². The molecule has 0 saturated heterocycles. The molecule has 0 radical (unpaired) electrons. The minimum absolute atomic E-state index is 0.0645. The van der Waals surface area contributed by atoms with Crippen LogP contribution in [-0.2, 0) is 28.6 Å². The van der Waals surface area contributed by atoms with Gasteiger partial charge < -0.3 is 14.2 Å². The maximum absolute atomic E-state index is 12.8. The van der Waals surface area contributed by atoms with Crippen LogP contribution in [0.1, 0.15) is 311 Å². The Morgan fingerprint density at radius 3 is 0.683 bits per heavy atom. The van der Waals surface area contributed by atoms with Crippen LogP contribution in [0.3, 0.4) is 0 Å². The molecule has 0 aromatic heterocycles. The van der Waals surface area contributed by atoms with E-state index in [0.29, 0.717) is 19.3 Å². The van der Waals surface area contributed by atoms with E-state index in [4.69, 9.17) is 14.2 Å². The van der Waals surface area contributed by atoms with Crippen molar-refractivity contribution < 1.29 is 28.6 Å². The van der Waals surface area contributed by atoms with Gasteiger partial charge >= 0.3 is 17.9 Å². The smallest absolute Gasteiger partial charge is 0.306 e. The van der Waals surface area contributed by atoms with Crippen LogP contribution in [0.5, 0.6) is 0 Å². The number of hydrogen-bond donors (Lipinski definition) is 0. The van der Waals surface area contributed by atoms with Gasteiger partial charge in [-0.05, 0) is 37.0 Å². The molecule has 0 aliphatic heterocycles. The van der Waals surface area contributed by atoms with Gasteiger partial charge in [-0.15, -0.1) is 0 Å². The summed E-state index contributed by atoms with van der Waals surface area (Å²) in [5.41, 5.74) is 0. The first-order valence-electron chi connectivity index (χ1n) is 28.1.